The molecule has 0 spiro atoms. The lowest BCUT2D eigenvalue weighted by atomic mass is 9.93. The van der Waals surface area contributed by atoms with Crippen LogP contribution in [0, 0.1) is 11.3 Å². The van der Waals surface area contributed by atoms with Crippen LogP contribution in [0.1, 0.15) is 16.7 Å². The first-order chi connectivity index (χ1) is 9.54. The molecule has 20 heavy (non-hydrogen) atoms. The Balaban J connectivity index is 2.65. The maximum atomic E-state index is 13.1. The Morgan fingerprint density at radius 3 is 2.15 bits per heavy atom. The lowest BCUT2D eigenvalue weighted by Crippen LogP contribution is -2.09. The molecule has 0 heterocycles. The van der Waals surface area contributed by atoms with E-state index in [0.29, 0.717) is 5.56 Å². The second-order valence-corrected chi connectivity index (χ2v) is 4.10. The smallest absolute Gasteiger partial charge is 0.193 e. The molecule has 0 radical (unpaired) electrons. The van der Waals surface area contributed by atoms with Crippen molar-refractivity contribution in [2.24, 2.45) is 0 Å². The molecule has 0 saturated heterocycles. The number of allylic oxidation sites excluding steroid dienone is 1. The molecule has 2 aromatic rings. The molecule has 0 amide bonds. The van der Waals surface area contributed by atoms with Gasteiger partial charge in [0, 0.05) is 6.08 Å². The molecule has 0 N–H and O–H groups in total. The number of hydrogen-bond donors (Lipinski definition) is 0. The zero-order valence-corrected chi connectivity index (χ0v) is 10.4. The monoisotopic (exact) mass is 273 g/mol. The SMILES string of the molecule is N#CC=C(c1ccccc1)c1ccccc1C(F)(F)F. The summed E-state index contributed by atoms with van der Waals surface area (Å²) in [5.41, 5.74) is 0.102. The van der Waals surface area contributed by atoms with Gasteiger partial charge in [-0.15, -0.1) is 0 Å². The molecule has 4 heteroatoms. The Labute approximate surface area is 114 Å². The van der Waals surface area contributed by atoms with E-state index in [2.05, 4.69) is 0 Å². The average Bonchev–Trinajstić information content (AvgIpc) is 2.45. The molecule has 0 bridgehead atoms. The van der Waals surface area contributed by atoms with Crippen LogP contribution in [0.5, 0.6) is 0 Å². The minimum atomic E-state index is -4.46. The standard InChI is InChI=1S/C16H10F3N/c17-16(18,19)15-9-5-4-8-14(15)13(10-11-20)12-6-2-1-3-7-12/h1-10H. The fourth-order valence-corrected chi connectivity index (χ4v) is 1.96. The fraction of sp³-hybridized carbons (Fsp3) is 0.0625. The number of nitrogens with zero attached hydrogens (tertiary/aromatic N) is 1. The van der Waals surface area contributed by atoms with Crippen LogP contribution >= 0.6 is 0 Å². The minimum absolute atomic E-state index is 0.00718. The van der Waals surface area contributed by atoms with Crippen molar-refractivity contribution in [2.75, 3.05) is 0 Å². The molecule has 2 rings (SSSR count). The molecular formula is C16H10F3N. The van der Waals surface area contributed by atoms with Crippen molar-refractivity contribution in [1.82, 2.24) is 0 Å². The van der Waals surface area contributed by atoms with Crippen LogP contribution in [0.2, 0.25) is 0 Å². The van der Waals surface area contributed by atoms with Gasteiger partial charge in [-0.2, -0.15) is 18.4 Å². The van der Waals surface area contributed by atoms with Crippen LogP contribution in [-0.2, 0) is 6.18 Å². The second kappa shape index (κ2) is 5.62. The third-order valence-electron chi connectivity index (χ3n) is 2.82. The number of benzene rings is 2. The topological polar surface area (TPSA) is 23.8 Å². The summed E-state index contributed by atoms with van der Waals surface area (Å²) in [5.74, 6) is 0. The van der Waals surface area contributed by atoms with Crippen molar-refractivity contribution in [2.45, 2.75) is 6.18 Å². The van der Waals surface area contributed by atoms with Crippen molar-refractivity contribution in [1.29, 1.82) is 5.26 Å². The molecule has 100 valence electrons. The summed E-state index contributed by atoms with van der Waals surface area (Å²) < 4.78 is 39.2. The summed E-state index contributed by atoms with van der Waals surface area (Å²) in [5, 5.41) is 8.85. The summed E-state index contributed by atoms with van der Waals surface area (Å²) in [6.07, 6.45) is -3.32. The summed E-state index contributed by atoms with van der Waals surface area (Å²) >= 11 is 0. The van der Waals surface area contributed by atoms with Crippen LogP contribution in [0.25, 0.3) is 5.57 Å². The third-order valence-corrected chi connectivity index (χ3v) is 2.82. The van der Waals surface area contributed by atoms with Gasteiger partial charge in [-0.3, -0.25) is 0 Å². The zero-order chi connectivity index (χ0) is 14.6. The number of hydrogen-bond acceptors (Lipinski definition) is 1. The molecule has 0 fully saturated rings. The number of rotatable bonds is 2. The van der Waals surface area contributed by atoms with Gasteiger partial charge in [0.1, 0.15) is 0 Å². The molecule has 0 saturated carbocycles. The highest BCUT2D eigenvalue weighted by Gasteiger charge is 2.33. The molecule has 0 unspecified atom stereocenters. The third kappa shape index (κ3) is 2.89. The van der Waals surface area contributed by atoms with E-state index in [0.717, 1.165) is 12.1 Å². The Morgan fingerprint density at radius 1 is 0.950 bits per heavy atom. The average molecular weight is 273 g/mol. The van der Waals surface area contributed by atoms with Gasteiger partial charge in [0.25, 0.3) is 0 Å². The normalized spacial score (nSPS) is 12.0. The highest BCUT2D eigenvalue weighted by molar-refractivity contribution is 5.82. The molecule has 1 nitrogen and oxygen atoms in total. The predicted molar refractivity (Wildman–Crippen MR) is 70.6 cm³/mol. The Kier molecular flexibility index (Phi) is 3.90. The summed E-state index contributed by atoms with van der Waals surface area (Å²) in [7, 11) is 0. The Bertz CT molecular complexity index is 664. The van der Waals surface area contributed by atoms with Gasteiger partial charge < -0.3 is 0 Å². The van der Waals surface area contributed by atoms with Crippen LogP contribution in [-0.4, -0.2) is 0 Å². The van der Waals surface area contributed by atoms with Gasteiger partial charge in [-0.05, 0) is 22.8 Å². The van der Waals surface area contributed by atoms with Gasteiger partial charge in [0.05, 0.1) is 11.6 Å². The molecule has 0 atom stereocenters. The Morgan fingerprint density at radius 2 is 1.55 bits per heavy atom. The lowest BCUT2D eigenvalue weighted by Gasteiger charge is -2.15. The number of alkyl halides is 3. The fourth-order valence-electron chi connectivity index (χ4n) is 1.96. The van der Waals surface area contributed by atoms with E-state index in [4.69, 9.17) is 5.26 Å². The van der Waals surface area contributed by atoms with Crippen molar-refractivity contribution in [3.05, 3.63) is 77.4 Å². The van der Waals surface area contributed by atoms with E-state index < -0.39 is 11.7 Å². The van der Waals surface area contributed by atoms with Crippen molar-refractivity contribution in [3.8, 4) is 6.07 Å². The van der Waals surface area contributed by atoms with Crippen LogP contribution in [0.3, 0.4) is 0 Å². The first kappa shape index (κ1) is 13.9. The van der Waals surface area contributed by atoms with E-state index in [1.165, 1.54) is 18.2 Å². The number of halogens is 3. The summed E-state index contributed by atoms with van der Waals surface area (Å²) in [6, 6.07) is 15.6. The van der Waals surface area contributed by atoms with Crippen molar-refractivity contribution < 1.29 is 13.2 Å². The molecular weight excluding hydrogens is 263 g/mol. The van der Waals surface area contributed by atoms with Crippen molar-refractivity contribution >= 4 is 5.57 Å². The van der Waals surface area contributed by atoms with Gasteiger partial charge in [0.2, 0.25) is 0 Å². The van der Waals surface area contributed by atoms with Crippen LogP contribution < -0.4 is 0 Å². The van der Waals surface area contributed by atoms with Crippen molar-refractivity contribution in [3.63, 3.8) is 0 Å². The first-order valence-corrected chi connectivity index (χ1v) is 5.86. The van der Waals surface area contributed by atoms with E-state index in [-0.39, 0.29) is 11.1 Å². The molecule has 0 aliphatic heterocycles. The summed E-state index contributed by atoms with van der Waals surface area (Å²) in [4.78, 5) is 0. The lowest BCUT2D eigenvalue weighted by molar-refractivity contribution is -0.137. The summed E-state index contributed by atoms with van der Waals surface area (Å²) in [6.45, 7) is 0. The van der Waals surface area contributed by atoms with Crippen LogP contribution in [0.4, 0.5) is 13.2 Å². The molecule has 2 aromatic carbocycles. The van der Waals surface area contributed by atoms with E-state index >= 15 is 0 Å². The van der Waals surface area contributed by atoms with Gasteiger partial charge in [-0.1, -0.05) is 48.5 Å². The quantitative estimate of drug-likeness (QED) is 0.730. The van der Waals surface area contributed by atoms with E-state index in [1.807, 2.05) is 6.07 Å². The maximum absolute atomic E-state index is 13.1. The van der Waals surface area contributed by atoms with Gasteiger partial charge in [0.15, 0.2) is 0 Å². The molecule has 0 aliphatic carbocycles. The number of nitriles is 1. The highest BCUT2D eigenvalue weighted by atomic mass is 19.4. The first-order valence-electron chi connectivity index (χ1n) is 5.86. The van der Waals surface area contributed by atoms with Gasteiger partial charge in [-0.25, -0.2) is 0 Å². The van der Waals surface area contributed by atoms with E-state index in [9.17, 15) is 13.2 Å². The Hall–Kier alpha value is -2.54. The second-order valence-electron chi connectivity index (χ2n) is 4.10. The van der Waals surface area contributed by atoms with Gasteiger partial charge >= 0.3 is 6.18 Å². The minimum Gasteiger partial charge on any atom is -0.193 e. The highest BCUT2D eigenvalue weighted by Crippen LogP contribution is 2.36. The van der Waals surface area contributed by atoms with E-state index in [1.54, 1.807) is 30.3 Å². The largest absolute Gasteiger partial charge is 0.417 e. The molecule has 0 aromatic heterocycles. The molecule has 0 aliphatic rings. The zero-order valence-electron chi connectivity index (χ0n) is 10.4. The van der Waals surface area contributed by atoms with Crippen LogP contribution in [0.15, 0.2) is 60.7 Å². The predicted octanol–water partition coefficient (Wildman–Crippen LogP) is 4.66. The maximum Gasteiger partial charge on any atom is 0.417 e.